The van der Waals surface area contributed by atoms with Crippen molar-refractivity contribution < 1.29 is 9.59 Å². The topological polar surface area (TPSA) is 46.2 Å². The summed E-state index contributed by atoms with van der Waals surface area (Å²) in [6, 6.07) is 3.73. The largest absolute Gasteiger partial charge is 0.343 e. The van der Waals surface area contributed by atoms with Crippen molar-refractivity contribution >= 4 is 23.3 Å². The van der Waals surface area contributed by atoms with Gasteiger partial charge in [0.25, 0.3) is 0 Å². The molecule has 0 aromatic heterocycles. The molecule has 1 fully saturated rings. The Morgan fingerprint density at radius 3 is 2.28 bits per heavy atom. The maximum absolute atomic E-state index is 12.3. The lowest BCUT2D eigenvalue weighted by Gasteiger charge is -2.16. The normalized spacial score (nSPS) is 22.2. The molecule has 0 aliphatic carbocycles. The summed E-state index contributed by atoms with van der Waals surface area (Å²) < 4.78 is 0. The van der Waals surface area contributed by atoms with Gasteiger partial charge in [-0.1, -0.05) is 17.7 Å². The summed E-state index contributed by atoms with van der Waals surface area (Å²) in [5, 5.41) is 3.20. The molecule has 1 heterocycles. The molecule has 0 saturated carbocycles. The minimum absolute atomic E-state index is 0.124. The summed E-state index contributed by atoms with van der Waals surface area (Å²) in [5.74, 6) is -1.17. The molecule has 2 rings (SSSR count). The summed E-state index contributed by atoms with van der Waals surface area (Å²) in [6.45, 7) is 7.23. The van der Waals surface area contributed by atoms with Crippen LogP contribution >= 0.6 is 11.6 Å². The molecule has 3 nitrogen and oxygen atoms in total. The van der Waals surface area contributed by atoms with E-state index in [0.29, 0.717) is 10.6 Å². The van der Waals surface area contributed by atoms with Gasteiger partial charge in [0.05, 0.1) is 5.54 Å². The number of halogens is 1. The van der Waals surface area contributed by atoms with E-state index in [2.05, 4.69) is 5.32 Å². The van der Waals surface area contributed by atoms with Gasteiger partial charge in [0.1, 0.15) is 5.92 Å². The molecular weight excluding hydrogens is 250 g/mol. The van der Waals surface area contributed by atoms with Crippen LogP contribution in [-0.4, -0.2) is 17.2 Å². The van der Waals surface area contributed by atoms with Crippen molar-refractivity contribution in [1.29, 1.82) is 0 Å². The molecule has 0 spiro atoms. The number of benzene rings is 1. The van der Waals surface area contributed by atoms with E-state index in [-0.39, 0.29) is 11.7 Å². The molecule has 18 heavy (non-hydrogen) atoms. The van der Waals surface area contributed by atoms with Crippen molar-refractivity contribution in [3.8, 4) is 0 Å². The van der Waals surface area contributed by atoms with Gasteiger partial charge < -0.3 is 5.32 Å². The maximum atomic E-state index is 12.3. The van der Waals surface area contributed by atoms with E-state index in [1.165, 1.54) is 0 Å². The van der Waals surface area contributed by atoms with E-state index in [4.69, 9.17) is 11.6 Å². The van der Waals surface area contributed by atoms with Crippen LogP contribution in [0.2, 0.25) is 5.02 Å². The first kappa shape index (κ1) is 13.1. The van der Waals surface area contributed by atoms with E-state index in [0.717, 1.165) is 11.1 Å². The second-order valence-corrected chi connectivity index (χ2v) is 5.80. The standard InChI is InChI=1S/C14H16ClNO2/c1-7-5-8(2)10(9(15)6-7)11-12(17)14(3,4)16-13(11)18/h5-6,11H,1-4H3,(H,16,18). The monoisotopic (exact) mass is 265 g/mol. The lowest BCUT2D eigenvalue weighted by Crippen LogP contribution is -2.39. The van der Waals surface area contributed by atoms with Gasteiger partial charge in [-0.3, -0.25) is 9.59 Å². The molecule has 1 aromatic rings. The first-order chi connectivity index (χ1) is 8.24. The lowest BCUT2D eigenvalue weighted by molar-refractivity contribution is -0.125. The summed E-state index contributed by atoms with van der Waals surface area (Å²) >= 11 is 6.21. The van der Waals surface area contributed by atoms with E-state index < -0.39 is 11.5 Å². The van der Waals surface area contributed by atoms with Crippen molar-refractivity contribution in [3.63, 3.8) is 0 Å². The lowest BCUT2D eigenvalue weighted by atomic mass is 9.86. The predicted octanol–water partition coefficient (Wildman–Crippen LogP) is 2.52. The van der Waals surface area contributed by atoms with Crippen LogP contribution in [0.15, 0.2) is 12.1 Å². The Hall–Kier alpha value is -1.35. The Balaban J connectivity index is 2.57. The number of amides is 1. The van der Waals surface area contributed by atoms with Crippen LogP contribution in [-0.2, 0) is 9.59 Å². The predicted molar refractivity (Wildman–Crippen MR) is 70.9 cm³/mol. The highest BCUT2D eigenvalue weighted by atomic mass is 35.5. The van der Waals surface area contributed by atoms with Crippen LogP contribution in [0.3, 0.4) is 0 Å². The van der Waals surface area contributed by atoms with Crippen molar-refractivity contribution in [2.75, 3.05) is 0 Å². The van der Waals surface area contributed by atoms with Gasteiger partial charge in [0.2, 0.25) is 5.91 Å². The highest BCUT2D eigenvalue weighted by Crippen LogP contribution is 2.35. The fourth-order valence-corrected chi connectivity index (χ4v) is 2.91. The molecule has 1 N–H and O–H groups in total. The highest BCUT2D eigenvalue weighted by molar-refractivity contribution is 6.33. The quantitative estimate of drug-likeness (QED) is 0.793. The number of ketones is 1. The van der Waals surface area contributed by atoms with E-state index in [9.17, 15) is 9.59 Å². The maximum Gasteiger partial charge on any atom is 0.236 e. The molecule has 0 radical (unpaired) electrons. The third-order valence-corrected chi connectivity index (χ3v) is 3.66. The average Bonchev–Trinajstić information content (AvgIpc) is 2.38. The third-order valence-electron chi connectivity index (χ3n) is 3.35. The number of hydrogen-bond donors (Lipinski definition) is 1. The summed E-state index contributed by atoms with van der Waals surface area (Å²) in [5.41, 5.74) is 1.72. The SMILES string of the molecule is Cc1cc(C)c(C2C(=O)NC(C)(C)C2=O)c(Cl)c1. The minimum atomic E-state index is -0.817. The Bertz CT molecular complexity index is 526. The Kier molecular flexibility index (Phi) is 2.98. The van der Waals surface area contributed by atoms with Gasteiger partial charge in [0, 0.05) is 5.02 Å². The zero-order valence-electron chi connectivity index (χ0n) is 10.9. The number of rotatable bonds is 1. The molecule has 1 aromatic carbocycles. The number of carbonyl (C=O) groups excluding carboxylic acids is 2. The van der Waals surface area contributed by atoms with Crippen LogP contribution in [0.1, 0.15) is 36.5 Å². The van der Waals surface area contributed by atoms with Gasteiger partial charge in [0.15, 0.2) is 5.78 Å². The van der Waals surface area contributed by atoms with Crippen molar-refractivity contribution in [2.45, 2.75) is 39.2 Å². The molecule has 1 amide bonds. The average molecular weight is 266 g/mol. The van der Waals surface area contributed by atoms with E-state index in [1.807, 2.05) is 19.9 Å². The highest BCUT2D eigenvalue weighted by Gasteiger charge is 2.48. The van der Waals surface area contributed by atoms with Crippen molar-refractivity contribution in [3.05, 3.63) is 33.8 Å². The minimum Gasteiger partial charge on any atom is -0.343 e. The van der Waals surface area contributed by atoms with Crippen LogP contribution in [0.25, 0.3) is 0 Å². The van der Waals surface area contributed by atoms with Crippen LogP contribution in [0.4, 0.5) is 0 Å². The number of carbonyl (C=O) groups is 2. The van der Waals surface area contributed by atoms with E-state index >= 15 is 0 Å². The van der Waals surface area contributed by atoms with Crippen molar-refractivity contribution in [1.82, 2.24) is 5.32 Å². The zero-order valence-corrected chi connectivity index (χ0v) is 11.7. The molecule has 1 unspecified atom stereocenters. The first-order valence-corrected chi connectivity index (χ1v) is 6.25. The second kappa shape index (κ2) is 4.09. The first-order valence-electron chi connectivity index (χ1n) is 5.87. The van der Waals surface area contributed by atoms with Gasteiger partial charge in [-0.2, -0.15) is 0 Å². The molecule has 1 atom stereocenters. The van der Waals surface area contributed by atoms with Gasteiger partial charge in [-0.05, 0) is 50.5 Å². The zero-order chi connectivity index (χ0) is 13.7. The number of aryl methyl sites for hydroxylation is 2. The fraction of sp³-hybridized carbons (Fsp3) is 0.429. The molecule has 1 aliphatic rings. The van der Waals surface area contributed by atoms with Crippen LogP contribution < -0.4 is 5.32 Å². The van der Waals surface area contributed by atoms with Crippen LogP contribution in [0, 0.1) is 13.8 Å². The molecule has 4 heteroatoms. The number of hydrogen-bond acceptors (Lipinski definition) is 2. The molecule has 1 aliphatic heterocycles. The molecule has 96 valence electrons. The summed E-state index contributed by atoms with van der Waals surface area (Å²) in [4.78, 5) is 24.3. The second-order valence-electron chi connectivity index (χ2n) is 5.39. The van der Waals surface area contributed by atoms with Crippen LogP contribution in [0.5, 0.6) is 0 Å². The van der Waals surface area contributed by atoms with E-state index in [1.54, 1.807) is 19.9 Å². The van der Waals surface area contributed by atoms with Gasteiger partial charge in [-0.25, -0.2) is 0 Å². The van der Waals surface area contributed by atoms with Gasteiger partial charge >= 0.3 is 0 Å². The number of Topliss-reactive ketones (excluding diaryl/α,β-unsaturated/α-hetero) is 1. The summed E-state index contributed by atoms with van der Waals surface area (Å²) in [7, 11) is 0. The smallest absolute Gasteiger partial charge is 0.236 e. The Morgan fingerprint density at radius 1 is 1.22 bits per heavy atom. The molecular formula is C14H16ClNO2. The van der Waals surface area contributed by atoms with Gasteiger partial charge in [-0.15, -0.1) is 0 Å². The summed E-state index contributed by atoms with van der Waals surface area (Å²) in [6.07, 6.45) is 0. The Labute approximate surface area is 112 Å². The molecule has 0 bridgehead atoms. The third kappa shape index (κ3) is 1.93. The fourth-order valence-electron chi connectivity index (χ4n) is 2.48. The number of nitrogens with one attached hydrogen (secondary N) is 1. The molecule has 1 saturated heterocycles. The Morgan fingerprint density at radius 2 is 1.83 bits per heavy atom. The van der Waals surface area contributed by atoms with Crippen molar-refractivity contribution in [2.24, 2.45) is 0 Å².